The summed E-state index contributed by atoms with van der Waals surface area (Å²) in [5, 5.41) is 2.73. The van der Waals surface area contributed by atoms with E-state index in [0.29, 0.717) is 18.8 Å². The predicted octanol–water partition coefficient (Wildman–Crippen LogP) is 1.77. The maximum absolute atomic E-state index is 11.6. The first-order chi connectivity index (χ1) is 7.13. The second-order valence-corrected chi connectivity index (χ2v) is 4.24. The van der Waals surface area contributed by atoms with Crippen LogP contribution in [0.5, 0.6) is 0 Å². The molecule has 82 valence electrons. The van der Waals surface area contributed by atoms with E-state index in [1.807, 2.05) is 13.0 Å². The lowest BCUT2D eigenvalue weighted by Gasteiger charge is -2.10. The molecule has 3 N–H and O–H groups in total. The molecule has 0 bridgehead atoms. The highest BCUT2D eigenvalue weighted by Gasteiger charge is 2.11. The van der Waals surface area contributed by atoms with Gasteiger partial charge in [0.05, 0.1) is 0 Å². The van der Waals surface area contributed by atoms with Crippen molar-refractivity contribution in [2.24, 2.45) is 11.7 Å². The predicted molar refractivity (Wildman–Crippen MR) is 63.4 cm³/mol. The first-order valence-electron chi connectivity index (χ1n) is 4.76. The van der Waals surface area contributed by atoms with Crippen LogP contribution in [-0.4, -0.2) is 17.4 Å². The lowest BCUT2D eigenvalue weighted by Crippen LogP contribution is -2.23. The van der Waals surface area contributed by atoms with Gasteiger partial charge in [0, 0.05) is 16.6 Å². The summed E-state index contributed by atoms with van der Waals surface area (Å²) in [5.41, 5.74) is 5.38. The SMILES string of the molecule is CC(CCN)C(=O)Nc1ccc(Br)cn1. The summed E-state index contributed by atoms with van der Waals surface area (Å²) in [7, 11) is 0. The standard InChI is InChI=1S/C10H14BrN3O/c1-7(4-5-12)10(15)14-9-3-2-8(11)6-13-9/h2-3,6-7H,4-5,12H2,1H3,(H,13,14,15). The van der Waals surface area contributed by atoms with Crippen molar-refractivity contribution >= 4 is 27.7 Å². The van der Waals surface area contributed by atoms with Gasteiger partial charge in [-0.05, 0) is 41.0 Å². The molecule has 1 heterocycles. The number of hydrogen-bond donors (Lipinski definition) is 2. The third kappa shape index (κ3) is 3.97. The Bertz CT molecular complexity index is 326. The van der Waals surface area contributed by atoms with Crippen molar-refractivity contribution in [1.29, 1.82) is 0 Å². The van der Waals surface area contributed by atoms with Crippen LogP contribution < -0.4 is 11.1 Å². The van der Waals surface area contributed by atoms with Crippen LogP contribution in [0.15, 0.2) is 22.8 Å². The van der Waals surface area contributed by atoms with Crippen molar-refractivity contribution in [3.05, 3.63) is 22.8 Å². The number of rotatable bonds is 4. The Kier molecular flexibility index (Phi) is 4.71. The van der Waals surface area contributed by atoms with Gasteiger partial charge in [-0.15, -0.1) is 0 Å². The number of pyridine rings is 1. The van der Waals surface area contributed by atoms with E-state index in [-0.39, 0.29) is 11.8 Å². The van der Waals surface area contributed by atoms with Crippen LogP contribution in [0.25, 0.3) is 0 Å². The van der Waals surface area contributed by atoms with Gasteiger partial charge in [-0.1, -0.05) is 6.92 Å². The second-order valence-electron chi connectivity index (χ2n) is 3.33. The van der Waals surface area contributed by atoms with Crippen LogP contribution >= 0.6 is 15.9 Å². The Morgan fingerprint density at radius 2 is 2.40 bits per heavy atom. The minimum absolute atomic E-state index is 0.0460. The van der Waals surface area contributed by atoms with E-state index in [0.717, 1.165) is 4.47 Å². The average Bonchev–Trinajstić information content (AvgIpc) is 2.22. The minimum Gasteiger partial charge on any atom is -0.330 e. The number of nitrogens with one attached hydrogen (secondary N) is 1. The molecule has 1 aromatic rings. The van der Waals surface area contributed by atoms with Crippen LogP contribution in [0.1, 0.15) is 13.3 Å². The molecular formula is C10H14BrN3O. The fourth-order valence-corrected chi connectivity index (χ4v) is 1.31. The largest absolute Gasteiger partial charge is 0.330 e. The molecule has 0 saturated heterocycles. The Morgan fingerprint density at radius 1 is 1.67 bits per heavy atom. The van der Waals surface area contributed by atoms with Crippen LogP contribution in [0.2, 0.25) is 0 Å². The van der Waals surface area contributed by atoms with E-state index in [2.05, 4.69) is 26.2 Å². The molecule has 1 amide bonds. The van der Waals surface area contributed by atoms with E-state index in [1.165, 1.54) is 0 Å². The maximum atomic E-state index is 11.6. The summed E-state index contributed by atoms with van der Waals surface area (Å²) >= 11 is 3.27. The van der Waals surface area contributed by atoms with E-state index in [9.17, 15) is 4.79 Å². The van der Waals surface area contributed by atoms with Crippen molar-refractivity contribution in [2.75, 3.05) is 11.9 Å². The van der Waals surface area contributed by atoms with Gasteiger partial charge < -0.3 is 11.1 Å². The maximum Gasteiger partial charge on any atom is 0.228 e. The van der Waals surface area contributed by atoms with Crippen LogP contribution in [0.3, 0.4) is 0 Å². The van der Waals surface area contributed by atoms with E-state index >= 15 is 0 Å². The molecule has 1 rings (SSSR count). The third-order valence-corrected chi connectivity index (χ3v) is 2.50. The zero-order valence-electron chi connectivity index (χ0n) is 8.53. The molecular weight excluding hydrogens is 258 g/mol. The highest BCUT2D eigenvalue weighted by Crippen LogP contribution is 2.11. The second kappa shape index (κ2) is 5.82. The minimum atomic E-state index is -0.0829. The molecule has 4 nitrogen and oxygen atoms in total. The number of nitrogens with two attached hydrogens (primary N) is 1. The van der Waals surface area contributed by atoms with Gasteiger partial charge in [0.25, 0.3) is 0 Å². The van der Waals surface area contributed by atoms with Crippen molar-refractivity contribution in [1.82, 2.24) is 4.98 Å². The number of anilines is 1. The molecule has 0 saturated carbocycles. The number of aromatic nitrogens is 1. The van der Waals surface area contributed by atoms with E-state index in [1.54, 1.807) is 12.3 Å². The zero-order chi connectivity index (χ0) is 11.3. The Labute approximate surface area is 97.4 Å². The zero-order valence-corrected chi connectivity index (χ0v) is 10.1. The number of halogens is 1. The fraction of sp³-hybridized carbons (Fsp3) is 0.400. The topological polar surface area (TPSA) is 68.0 Å². The molecule has 0 radical (unpaired) electrons. The van der Waals surface area contributed by atoms with Crippen molar-refractivity contribution in [3.63, 3.8) is 0 Å². The molecule has 1 unspecified atom stereocenters. The molecule has 0 fully saturated rings. The number of hydrogen-bond acceptors (Lipinski definition) is 3. The first-order valence-corrected chi connectivity index (χ1v) is 5.55. The molecule has 0 aliphatic carbocycles. The Balaban J connectivity index is 2.54. The summed E-state index contributed by atoms with van der Waals surface area (Å²) in [6, 6.07) is 3.58. The molecule has 1 atom stereocenters. The smallest absolute Gasteiger partial charge is 0.228 e. The average molecular weight is 272 g/mol. The highest BCUT2D eigenvalue weighted by atomic mass is 79.9. The Morgan fingerprint density at radius 3 is 2.93 bits per heavy atom. The molecule has 0 aliphatic rings. The number of carbonyl (C=O) groups excluding carboxylic acids is 1. The first kappa shape index (κ1) is 12.1. The summed E-state index contributed by atoms with van der Waals surface area (Å²) in [4.78, 5) is 15.6. The lowest BCUT2D eigenvalue weighted by atomic mass is 10.1. The Hall–Kier alpha value is -0.940. The molecule has 0 aromatic carbocycles. The van der Waals surface area contributed by atoms with Crippen molar-refractivity contribution < 1.29 is 4.79 Å². The number of amides is 1. The van der Waals surface area contributed by atoms with E-state index < -0.39 is 0 Å². The summed E-state index contributed by atoms with van der Waals surface area (Å²) in [5.74, 6) is 0.433. The van der Waals surface area contributed by atoms with Crippen molar-refractivity contribution in [3.8, 4) is 0 Å². The lowest BCUT2D eigenvalue weighted by molar-refractivity contribution is -0.119. The quantitative estimate of drug-likeness (QED) is 0.877. The van der Waals surface area contributed by atoms with Crippen LogP contribution in [0, 0.1) is 5.92 Å². The molecule has 5 heteroatoms. The molecule has 15 heavy (non-hydrogen) atoms. The van der Waals surface area contributed by atoms with Gasteiger partial charge in [-0.2, -0.15) is 0 Å². The van der Waals surface area contributed by atoms with Gasteiger partial charge >= 0.3 is 0 Å². The van der Waals surface area contributed by atoms with E-state index in [4.69, 9.17) is 5.73 Å². The number of carbonyl (C=O) groups is 1. The van der Waals surface area contributed by atoms with Crippen molar-refractivity contribution in [2.45, 2.75) is 13.3 Å². The molecule has 0 aliphatic heterocycles. The van der Waals surface area contributed by atoms with Gasteiger partial charge in [-0.25, -0.2) is 4.98 Å². The van der Waals surface area contributed by atoms with Crippen LogP contribution in [-0.2, 0) is 4.79 Å². The van der Waals surface area contributed by atoms with Gasteiger partial charge in [0.1, 0.15) is 5.82 Å². The van der Waals surface area contributed by atoms with Gasteiger partial charge in [0.15, 0.2) is 0 Å². The molecule has 0 spiro atoms. The molecule has 1 aromatic heterocycles. The normalized spacial score (nSPS) is 12.2. The number of nitrogens with zero attached hydrogens (tertiary/aromatic N) is 1. The summed E-state index contributed by atoms with van der Waals surface area (Å²) in [6.07, 6.45) is 2.32. The highest BCUT2D eigenvalue weighted by molar-refractivity contribution is 9.10. The monoisotopic (exact) mass is 271 g/mol. The summed E-state index contributed by atoms with van der Waals surface area (Å²) in [6.45, 7) is 2.36. The van der Waals surface area contributed by atoms with Gasteiger partial charge in [-0.3, -0.25) is 4.79 Å². The van der Waals surface area contributed by atoms with Crippen LogP contribution in [0.4, 0.5) is 5.82 Å². The summed E-state index contributed by atoms with van der Waals surface area (Å²) < 4.78 is 0.885. The fourth-order valence-electron chi connectivity index (χ4n) is 1.08. The van der Waals surface area contributed by atoms with Gasteiger partial charge in [0.2, 0.25) is 5.91 Å². The third-order valence-electron chi connectivity index (χ3n) is 2.03.